The van der Waals surface area contributed by atoms with Crippen LogP contribution in [0.4, 0.5) is 16.0 Å². The van der Waals surface area contributed by atoms with Gasteiger partial charge in [-0.15, -0.1) is 0 Å². The van der Waals surface area contributed by atoms with Crippen molar-refractivity contribution in [3.05, 3.63) is 77.3 Å². The van der Waals surface area contributed by atoms with Crippen LogP contribution in [0.15, 0.2) is 48.9 Å². The van der Waals surface area contributed by atoms with Crippen LogP contribution in [0.3, 0.4) is 0 Å². The van der Waals surface area contributed by atoms with Crippen LogP contribution in [0.5, 0.6) is 0 Å². The van der Waals surface area contributed by atoms with E-state index in [9.17, 15) is 14.3 Å². The van der Waals surface area contributed by atoms with Crippen molar-refractivity contribution in [2.75, 3.05) is 5.32 Å². The van der Waals surface area contributed by atoms with Gasteiger partial charge in [-0.3, -0.25) is 9.89 Å². The van der Waals surface area contributed by atoms with E-state index < -0.39 is 11.4 Å². The molecule has 4 aromatic rings. The smallest absolute Gasteiger partial charge is 0.223 e. The summed E-state index contributed by atoms with van der Waals surface area (Å²) < 4.78 is 14.6. The molecule has 3 atom stereocenters. The van der Waals surface area contributed by atoms with Crippen molar-refractivity contribution in [3.8, 4) is 5.82 Å². The van der Waals surface area contributed by atoms with Crippen LogP contribution >= 0.6 is 0 Å². The first-order valence-electron chi connectivity index (χ1n) is 12.2. The van der Waals surface area contributed by atoms with Crippen LogP contribution < -0.4 is 10.6 Å². The van der Waals surface area contributed by atoms with E-state index in [2.05, 4.69) is 35.9 Å². The summed E-state index contributed by atoms with van der Waals surface area (Å²) in [7, 11) is 0. The van der Waals surface area contributed by atoms with Crippen LogP contribution in [0.1, 0.15) is 54.7 Å². The number of aryl methyl sites for hydroxylation is 2. The van der Waals surface area contributed by atoms with Gasteiger partial charge in [-0.2, -0.15) is 10.2 Å². The molecule has 1 fully saturated rings. The number of H-pyrrole nitrogens is 1. The lowest BCUT2D eigenvalue weighted by molar-refractivity contribution is -0.126. The second-order valence-electron chi connectivity index (χ2n) is 9.73. The van der Waals surface area contributed by atoms with Gasteiger partial charge in [-0.1, -0.05) is 6.07 Å². The molecule has 11 heteroatoms. The molecule has 0 aromatic carbocycles. The topological polar surface area (TPSA) is 134 Å². The summed E-state index contributed by atoms with van der Waals surface area (Å²) in [6.07, 6.45) is 5.27. The number of carbonyl (C=O) groups excluding carboxylic acids is 1. The zero-order valence-electron chi connectivity index (χ0n) is 20.9. The molecule has 37 heavy (non-hydrogen) atoms. The maximum Gasteiger partial charge on any atom is 0.223 e. The third kappa shape index (κ3) is 5.36. The van der Waals surface area contributed by atoms with Crippen molar-refractivity contribution in [1.29, 1.82) is 0 Å². The lowest BCUT2D eigenvalue weighted by Crippen LogP contribution is -2.33. The Hall–Kier alpha value is -4.12. The van der Waals surface area contributed by atoms with Crippen LogP contribution in [0, 0.1) is 25.6 Å². The Morgan fingerprint density at radius 2 is 2.08 bits per heavy atom. The Labute approximate surface area is 213 Å². The van der Waals surface area contributed by atoms with Crippen molar-refractivity contribution in [2.24, 2.45) is 5.92 Å². The molecule has 1 amide bonds. The van der Waals surface area contributed by atoms with E-state index in [4.69, 9.17) is 0 Å². The fourth-order valence-electron chi connectivity index (χ4n) is 4.69. The second-order valence-corrected chi connectivity index (χ2v) is 9.73. The van der Waals surface area contributed by atoms with Gasteiger partial charge in [-0.05, 0) is 69.4 Å². The highest BCUT2D eigenvalue weighted by atomic mass is 19.1. The van der Waals surface area contributed by atoms with Crippen molar-refractivity contribution < 1.29 is 14.3 Å². The zero-order valence-corrected chi connectivity index (χ0v) is 20.9. The van der Waals surface area contributed by atoms with E-state index in [-0.39, 0.29) is 24.3 Å². The summed E-state index contributed by atoms with van der Waals surface area (Å²) >= 11 is 0. The molecule has 4 N–H and O–H groups in total. The second kappa shape index (κ2) is 9.74. The first-order valence-corrected chi connectivity index (χ1v) is 12.2. The fourth-order valence-corrected chi connectivity index (χ4v) is 4.69. The lowest BCUT2D eigenvalue weighted by Gasteiger charge is -2.24. The summed E-state index contributed by atoms with van der Waals surface area (Å²) in [6.45, 7) is 5.73. The standard InChI is InChI=1S/C26H29FN8O2/c1-15-8-21(31-22(9-15)32-23-10-16(2)33-34-23)26(37)7-6-18(11-26)25(36)30-17(3)19-4-5-24(28-12-19)35-14-20(27)13-29-35/h4-5,8-10,12-14,17-18,37H,6-7,11H2,1-3H3,(H,30,36)(H2,31,32,33,34)/t17-,18+,26-/m0/s1. The molecule has 192 valence electrons. The molecule has 10 nitrogen and oxygen atoms in total. The van der Waals surface area contributed by atoms with Crippen LogP contribution in [0.25, 0.3) is 5.82 Å². The van der Waals surface area contributed by atoms with Gasteiger partial charge in [0.25, 0.3) is 0 Å². The molecule has 0 radical (unpaired) electrons. The molecule has 0 spiro atoms. The lowest BCUT2D eigenvalue weighted by atomic mass is 9.94. The van der Waals surface area contributed by atoms with Gasteiger partial charge in [0.2, 0.25) is 5.91 Å². The van der Waals surface area contributed by atoms with Crippen molar-refractivity contribution in [1.82, 2.24) is 35.3 Å². The maximum absolute atomic E-state index is 13.2. The van der Waals surface area contributed by atoms with Crippen molar-refractivity contribution in [3.63, 3.8) is 0 Å². The van der Waals surface area contributed by atoms with Gasteiger partial charge in [-0.25, -0.2) is 19.0 Å². The number of pyridine rings is 2. The van der Waals surface area contributed by atoms with Gasteiger partial charge in [0.15, 0.2) is 17.5 Å². The number of halogens is 1. The Balaban J connectivity index is 1.23. The number of aromatic amines is 1. The molecular formula is C26H29FN8O2. The summed E-state index contributed by atoms with van der Waals surface area (Å²) in [5.41, 5.74) is 2.02. The van der Waals surface area contributed by atoms with Crippen molar-refractivity contribution in [2.45, 2.75) is 51.7 Å². The minimum Gasteiger partial charge on any atom is -0.384 e. The SMILES string of the molecule is Cc1cc(Nc2cc(C)[nH]n2)nc([C@]2(O)CC[C@@H](C(=O)N[C@@H](C)c3ccc(-n4cc(F)cn4)nc3)C2)c1. The number of nitrogens with zero attached hydrogens (tertiary/aromatic N) is 5. The van der Waals surface area contributed by atoms with Gasteiger partial charge in [0, 0.05) is 23.9 Å². The minimum absolute atomic E-state index is 0.125. The number of rotatable bonds is 7. The van der Waals surface area contributed by atoms with Gasteiger partial charge < -0.3 is 15.7 Å². The Morgan fingerprint density at radius 3 is 2.76 bits per heavy atom. The first kappa shape index (κ1) is 24.6. The molecule has 1 aliphatic carbocycles. The summed E-state index contributed by atoms with van der Waals surface area (Å²) in [5.74, 6) is 0.799. The number of aromatic nitrogens is 6. The summed E-state index contributed by atoms with van der Waals surface area (Å²) in [6, 6.07) is 8.88. The van der Waals surface area contributed by atoms with Crippen LogP contribution in [-0.2, 0) is 10.4 Å². The van der Waals surface area contributed by atoms with Crippen LogP contribution in [-0.4, -0.2) is 41.0 Å². The maximum atomic E-state index is 13.2. The molecule has 1 aliphatic rings. The normalized spacial score (nSPS) is 20.1. The van der Waals surface area contributed by atoms with E-state index in [0.29, 0.717) is 36.0 Å². The number of nitrogens with one attached hydrogen (secondary N) is 3. The number of amides is 1. The summed E-state index contributed by atoms with van der Waals surface area (Å²) in [5, 5.41) is 28.6. The third-order valence-electron chi connectivity index (χ3n) is 6.69. The fraction of sp³-hybridized carbons (Fsp3) is 0.346. The van der Waals surface area contributed by atoms with Gasteiger partial charge in [0.05, 0.1) is 24.1 Å². The van der Waals surface area contributed by atoms with E-state index in [0.717, 1.165) is 23.0 Å². The predicted octanol–water partition coefficient (Wildman–Crippen LogP) is 3.75. The molecule has 1 saturated carbocycles. The Kier molecular flexibility index (Phi) is 6.46. The van der Waals surface area contributed by atoms with Gasteiger partial charge >= 0.3 is 0 Å². The first-order chi connectivity index (χ1) is 17.7. The molecule has 0 bridgehead atoms. The Bertz CT molecular complexity index is 1420. The number of aliphatic hydroxyl groups is 1. The largest absolute Gasteiger partial charge is 0.384 e. The van der Waals surface area contributed by atoms with E-state index in [1.807, 2.05) is 45.0 Å². The predicted molar refractivity (Wildman–Crippen MR) is 135 cm³/mol. The van der Waals surface area contributed by atoms with Gasteiger partial charge in [0.1, 0.15) is 11.4 Å². The zero-order chi connectivity index (χ0) is 26.2. The average Bonchev–Trinajstić information content (AvgIpc) is 3.59. The third-order valence-corrected chi connectivity index (χ3v) is 6.69. The number of hydrogen-bond donors (Lipinski definition) is 4. The number of carbonyl (C=O) groups is 1. The molecular weight excluding hydrogens is 475 g/mol. The highest BCUT2D eigenvalue weighted by Crippen LogP contribution is 2.42. The van der Waals surface area contributed by atoms with E-state index in [1.54, 1.807) is 12.3 Å². The summed E-state index contributed by atoms with van der Waals surface area (Å²) in [4.78, 5) is 22.0. The molecule has 5 rings (SSSR count). The monoisotopic (exact) mass is 504 g/mol. The molecule has 0 aliphatic heterocycles. The Morgan fingerprint density at radius 1 is 1.24 bits per heavy atom. The minimum atomic E-state index is -1.20. The quantitative estimate of drug-likeness (QED) is 0.301. The number of anilines is 2. The molecule has 4 aromatic heterocycles. The molecule has 0 unspecified atom stereocenters. The highest BCUT2D eigenvalue weighted by Gasteiger charge is 2.43. The van der Waals surface area contributed by atoms with E-state index in [1.165, 1.54) is 10.9 Å². The number of hydrogen-bond acceptors (Lipinski definition) is 7. The van der Waals surface area contributed by atoms with Crippen LogP contribution in [0.2, 0.25) is 0 Å². The highest BCUT2D eigenvalue weighted by molar-refractivity contribution is 5.79. The molecule has 0 saturated heterocycles. The van der Waals surface area contributed by atoms with Crippen molar-refractivity contribution >= 4 is 17.5 Å². The molecule has 4 heterocycles. The van der Waals surface area contributed by atoms with E-state index >= 15 is 0 Å². The average molecular weight is 505 g/mol.